The molecule has 138 valence electrons. The van der Waals surface area contributed by atoms with Crippen molar-refractivity contribution in [2.75, 3.05) is 12.3 Å². The molecule has 0 radical (unpaired) electrons. The number of hydrogen-bond donors (Lipinski definition) is 1. The Balaban J connectivity index is 1.75. The van der Waals surface area contributed by atoms with Crippen LogP contribution in [0.5, 0.6) is 0 Å². The molecule has 0 bridgehead atoms. The Morgan fingerprint density at radius 2 is 2.07 bits per heavy atom. The number of nitrogens with zero attached hydrogens (tertiary/aromatic N) is 4. The van der Waals surface area contributed by atoms with Crippen molar-refractivity contribution in [3.8, 4) is 11.1 Å². The van der Waals surface area contributed by atoms with E-state index in [0.717, 1.165) is 35.4 Å². The zero-order valence-electron chi connectivity index (χ0n) is 14.7. The summed E-state index contributed by atoms with van der Waals surface area (Å²) in [4.78, 5) is 28.5. The van der Waals surface area contributed by atoms with E-state index in [1.165, 1.54) is 11.3 Å². The van der Waals surface area contributed by atoms with Crippen molar-refractivity contribution in [1.29, 1.82) is 0 Å². The Bertz CT molecular complexity index is 988. The smallest absolute Gasteiger partial charge is 0.266 e. The lowest BCUT2D eigenvalue weighted by atomic mass is 10.00. The molecule has 6 nitrogen and oxygen atoms in total. The molecule has 0 unspecified atom stereocenters. The lowest BCUT2D eigenvalue weighted by Gasteiger charge is -2.25. The third-order valence-electron chi connectivity index (χ3n) is 4.76. The Morgan fingerprint density at radius 1 is 1.30 bits per heavy atom. The van der Waals surface area contributed by atoms with Gasteiger partial charge in [0.1, 0.15) is 4.88 Å². The summed E-state index contributed by atoms with van der Waals surface area (Å²) < 4.78 is 0. The molecule has 2 aromatic heterocycles. The summed E-state index contributed by atoms with van der Waals surface area (Å²) in [5.74, 6) is 0.202. The van der Waals surface area contributed by atoms with Gasteiger partial charge in [0.05, 0.1) is 22.9 Å². The highest BCUT2D eigenvalue weighted by Crippen LogP contribution is 2.38. The van der Waals surface area contributed by atoms with E-state index in [4.69, 9.17) is 17.3 Å². The molecule has 1 fully saturated rings. The number of hydrogen-bond acceptors (Lipinski definition) is 6. The fraction of sp³-hybridized carbons (Fsp3) is 0.263. The van der Waals surface area contributed by atoms with Crippen LogP contribution in [-0.2, 0) is 0 Å². The fourth-order valence-corrected chi connectivity index (χ4v) is 4.33. The molecule has 4 rings (SSSR count). The van der Waals surface area contributed by atoms with Crippen LogP contribution in [0.15, 0.2) is 36.0 Å². The van der Waals surface area contributed by atoms with Gasteiger partial charge in [-0.05, 0) is 37.5 Å². The van der Waals surface area contributed by atoms with Gasteiger partial charge in [-0.15, -0.1) is 11.3 Å². The SMILES string of the molecule is Cc1ncsc1C(=O)N1CCC[C@@H]1c1nc(N)ncc1-c1ccc(Cl)cc1. The van der Waals surface area contributed by atoms with Gasteiger partial charge in [0.25, 0.3) is 5.91 Å². The van der Waals surface area contributed by atoms with Crippen LogP contribution in [0, 0.1) is 6.92 Å². The van der Waals surface area contributed by atoms with Crippen LogP contribution >= 0.6 is 22.9 Å². The number of rotatable bonds is 3. The van der Waals surface area contributed by atoms with Gasteiger partial charge in [-0.25, -0.2) is 15.0 Å². The van der Waals surface area contributed by atoms with E-state index in [2.05, 4.69) is 15.0 Å². The molecule has 3 aromatic rings. The average Bonchev–Trinajstić information content (AvgIpc) is 3.31. The number of thiazole rings is 1. The van der Waals surface area contributed by atoms with Gasteiger partial charge in [-0.2, -0.15) is 0 Å². The third-order valence-corrected chi connectivity index (χ3v) is 5.93. The Kier molecular flexibility index (Phi) is 4.80. The highest BCUT2D eigenvalue weighted by molar-refractivity contribution is 7.11. The van der Waals surface area contributed by atoms with Crippen molar-refractivity contribution in [3.63, 3.8) is 0 Å². The van der Waals surface area contributed by atoms with Crippen LogP contribution < -0.4 is 5.73 Å². The van der Waals surface area contributed by atoms with Crippen molar-refractivity contribution in [1.82, 2.24) is 19.9 Å². The second kappa shape index (κ2) is 7.25. The minimum Gasteiger partial charge on any atom is -0.368 e. The van der Waals surface area contributed by atoms with Crippen molar-refractivity contribution in [2.24, 2.45) is 0 Å². The molecule has 2 N–H and O–H groups in total. The molecule has 1 saturated heterocycles. The predicted molar refractivity (Wildman–Crippen MR) is 107 cm³/mol. The molecule has 1 amide bonds. The van der Waals surface area contributed by atoms with Gasteiger partial charge in [0.15, 0.2) is 0 Å². The first-order chi connectivity index (χ1) is 13.0. The molecule has 1 aliphatic rings. The molecule has 0 spiro atoms. The number of aromatic nitrogens is 3. The molecule has 1 aromatic carbocycles. The number of benzene rings is 1. The highest BCUT2D eigenvalue weighted by Gasteiger charge is 2.34. The zero-order valence-corrected chi connectivity index (χ0v) is 16.3. The van der Waals surface area contributed by atoms with Crippen LogP contribution in [0.4, 0.5) is 5.95 Å². The first-order valence-electron chi connectivity index (χ1n) is 8.64. The molecule has 0 saturated carbocycles. The predicted octanol–water partition coefficient (Wildman–Crippen LogP) is 4.12. The maximum absolute atomic E-state index is 13.1. The van der Waals surface area contributed by atoms with Gasteiger partial charge in [0, 0.05) is 23.3 Å². The molecule has 1 aliphatic heterocycles. The van der Waals surface area contributed by atoms with Crippen molar-refractivity contribution < 1.29 is 4.79 Å². The maximum Gasteiger partial charge on any atom is 0.266 e. The average molecular weight is 400 g/mol. The third kappa shape index (κ3) is 3.40. The lowest BCUT2D eigenvalue weighted by Crippen LogP contribution is -2.31. The van der Waals surface area contributed by atoms with E-state index in [-0.39, 0.29) is 17.9 Å². The van der Waals surface area contributed by atoms with Crippen LogP contribution in [-0.4, -0.2) is 32.3 Å². The summed E-state index contributed by atoms with van der Waals surface area (Å²) in [6.07, 6.45) is 3.47. The first-order valence-corrected chi connectivity index (χ1v) is 9.90. The number of carbonyl (C=O) groups excluding carboxylic acids is 1. The quantitative estimate of drug-likeness (QED) is 0.715. The number of nitrogen functional groups attached to an aromatic ring is 1. The van der Waals surface area contributed by atoms with Gasteiger partial charge >= 0.3 is 0 Å². The summed E-state index contributed by atoms with van der Waals surface area (Å²) in [6, 6.07) is 7.37. The molecule has 0 aliphatic carbocycles. The monoisotopic (exact) mass is 399 g/mol. The van der Waals surface area contributed by atoms with E-state index in [0.29, 0.717) is 16.4 Å². The number of nitrogens with two attached hydrogens (primary N) is 1. The van der Waals surface area contributed by atoms with E-state index < -0.39 is 0 Å². The van der Waals surface area contributed by atoms with Gasteiger partial charge < -0.3 is 10.6 Å². The summed E-state index contributed by atoms with van der Waals surface area (Å²) >= 11 is 7.39. The first kappa shape index (κ1) is 17.9. The molecule has 27 heavy (non-hydrogen) atoms. The number of likely N-dealkylation sites (tertiary alicyclic amines) is 1. The second-order valence-corrected chi connectivity index (χ2v) is 7.75. The second-order valence-electron chi connectivity index (χ2n) is 6.46. The largest absolute Gasteiger partial charge is 0.368 e. The van der Waals surface area contributed by atoms with Gasteiger partial charge in [0.2, 0.25) is 5.95 Å². The normalized spacial score (nSPS) is 16.7. The Morgan fingerprint density at radius 3 is 2.78 bits per heavy atom. The summed E-state index contributed by atoms with van der Waals surface area (Å²) in [5, 5.41) is 0.662. The standard InChI is InChI=1S/C19H18ClN5OS/c1-11-17(27-10-23-11)18(26)25-8-2-3-15(25)16-14(9-22-19(21)24-16)12-4-6-13(20)7-5-12/h4-7,9-10,15H,2-3,8H2,1H3,(H2,21,22,24)/t15-/m1/s1. The lowest BCUT2D eigenvalue weighted by molar-refractivity contribution is 0.0737. The van der Waals surface area contributed by atoms with Crippen molar-refractivity contribution in [3.05, 3.63) is 57.3 Å². The fourth-order valence-electron chi connectivity index (χ4n) is 3.45. The summed E-state index contributed by atoms with van der Waals surface area (Å²) in [5.41, 5.74) is 10.9. The zero-order chi connectivity index (χ0) is 19.0. The van der Waals surface area contributed by atoms with E-state index >= 15 is 0 Å². The van der Waals surface area contributed by atoms with E-state index in [1.54, 1.807) is 11.7 Å². The molecule has 3 heterocycles. The summed E-state index contributed by atoms with van der Waals surface area (Å²) in [6.45, 7) is 2.54. The van der Waals surface area contributed by atoms with Crippen molar-refractivity contribution in [2.45, 2.75) is 25.8 Å². The Hall–Kier alpha value is -2.51. The molecule has 1 atom stereocenters. The minimum absolute atomic E-state index is 0.00302. The maximum atomic E-state index is 13.1. The number of amides is 1. The van der Waals surface area contributed by atoms with Gasteiger partial charge in [-0.3, -0.25) is 4.79 Å². The van der Waals surface area contributed by atoms with Gasteiger partial charge in [-0.1, -0.05) is 23.7 Å². The van der Waals surface area contributed by atoms with Crippen molar-refractivity contribution >= 4 is 34.8 Å². The topological polar surface area (TPSA) is 85.0 Å². The minimum atomic E-state index is -0.144. The van der Waals surface area contributed by atoms with Crippen LogP contribution in [0.3, 0.4) is 0 Å². The number of anilines is 1. The number of aryl methyl sites for hydroxylation is 1. The van der Waals surface area contributed by atoms with Crippen LogP contribution in [0.25, 0.3) is 11.1 Å². The summed E-state index contributed by atoms with van der Waals surface area (Å²) in [7, 11) is 0. The van der Waals surface area contributed by atoms with E-state index in [1.807, 2.05) is 36.1 Å². The highest BCUT2D eigenvalue weighted by atomic mass is 35.5. The molecular formula is C19H18ClN5OS. The van der Waals surface area contributed by atoms with Crippen LogP contribution in [0.1, 0.15) is 39.9 Å². The number of halogens is 1. The Labute approximate surface area is 166 Å². The molecular weight excluding hydrogens is 382 g/mol. The molecule has 8 heteroatoms. The van der Waals surface area contributed by atoms with E-state index in [9.17, 15) is 4.79 Å². The van der Waals surface area contributed by atoms with Crippen LogP contribution in [0.2, 0.25) is 5.02 Å². The number of carbonyl (C=O) groups is 1.